The van der Waals surface area contributed by atoms with E-state index in [1.807, 2.05) is 0 Å². The zero-order valence-corrected chi connectivity index (χ0v) is 16.3. The summed E-state index contributed by atoms with van der Waals surface area (Å²) in [4.78, 5) is 46.8. The Balaban J connectivity index is 1.83. The highest BCUT2D eigenvalue weighted by molar-refractivity contribution is 6.32. The number of ketones is 2. The van der Waals surface area contributed by atoms with Crippen molar-refractivity contribution in [2.45, 2.75) is 6.92 Å². The molecular formula is C21H14ClNO7. The minimum absolute atomic E-state index is 0.0387. The lowest BCUT2D eigenvalue weighted by molar-refractivity contribution is -0.385. The molecule has 2 aromatic carbocycles. The molecule has 3 rings (SSSR count). The van der Waals surface area contributed by atoms with Crippen LogP contribution in [0.4, 0.5) is 5.69 Å². The maximum Gasteiger partial charge on any atom is 0.329 e. The Morgan fingerprint density at radius 2 is 1.93 bits per heavy atom. The molecule has 0 aromatic heterocycles. The number of benzene rings is 2. The summed E-state index contributed by atoms with van der Waals surface area (Å²) in [5, 5.41) is 11.7. The van der Waals surface area contributed by atoms with E-state index in [9.17, 15) is 24.5 Å². The van der Waals surface area contributed by atoms with E-state index in [4.69, 9.17) is 21.1 Å². The minimum Gasteiger partial charge on any atom is -0.449 e. The van der Waals surface area contributed by atoms with Gasteiger partial charge < -0.3 is 9.47 Å². The van der Waals surface area contributed by atoms with Crippen LogP contribution in [0.2, 0.25) is 5.02 Å². The number of halogens is 1. The van der Waals surface area contributed by atoms with Crippen molar-refractivity contribution in [2.24, 2.45) is 5.92 Å². The van der Waals surface area contributed by atoms with Gasteiger partial charge in [0, 0.05) is 12.1 Å². The van der Waals surface area contributed by atoms with Crippen LogP contribution in [0.15, 0.2) is 60.4 Å². The predicted molar refractivity (Wildman–Crippen MR) is 107 cm³/mol. The van der Waals surface area contributed by atoms with E-state index in [0.717, 1.165) is 12.2 Å². The van der Waals surface area contributed by atoms with E-state index < -0.39 is 28.4 Å². The molecule has 0 saturated carbocycles. The Bertz CT molecular complexity index is 1120. The summed E-state index contributed by atoms with van der Waals surface area (Å²) in [6, 6.07) is 10.5. The second-order valence-electron chi connectivity index (χ2n) is 6.26. The molecule has 0 bridgehead atoms. The first-order valence-electron chi connectivity index (χ1n) is 8.63. The van der Waals surface area contributed by atoms with E-state index in [0.29, 0.717) is 5.56 Å². The molecule has 0 N–H and O–H groups in total. The van der Waals surface area contributed by atoms with Crippen molar-refractivity contribution in [3.63, 3.8) is 0 Å². The predicted octanol–water partition coefficient (Wildman–Crippen LogP) is 4.27. The van der Waals surface area contributed by atoms with Crippen molar-refractivity contribution in [3.05, 3.63) is 81.1 Å². The van der Waals surface area contributed by atoms with Gasteiger partial charge in [0.25, 0.3) is 0 Å². The van der Waals surface area contributed by atoms with E-state index in [-0.39, 0.29) is 28.0 Å². The van der Waals surface area contributed by atoms with E-state index >= 15 is 0 Å². The third kappa shape index (κ3) is 4.61. The summed E-state index contributed by atoms with van der Waals surface area (Å²) >= 11 is 6.02. The molecule has 1 aliphatic rings. The Labute approximate surface area is 175 Å². The molecule has 152 valence electrons. The van der Waals surface area contributed by atoms with Gasteiger partial charge in [-0.1, -0.05) is 35.9 Å². The van der Waals surface area contributed by atoms with Crippen molar-refractivity contribution in [3.8, 4) is 11.5 Å². The molecule has 0 spiro atoms. The molecule has 0 saturated heterocycles. The highest BCUT2D eigenvalue weighted by Crippen LogP contribution is 2.35. The molecule has 30 heavy (non-hydrogen) atoms. The molecule has 0 aliphatic carbocycles. The van der Waals surface area contributed by atoms with Gasteiger partial charge in [0.2, 0.25) is 5.75 Å². The van der Waals surface area contributed by atoms with Crippen LogP contribution in [0.5, 0.6) is 11.5 Å². The Hall–Kier alpha value is -3.78. The number of ether oxygens (including phenoxy) is 2. The van der Waals surface area contributed by atoms with Crippen LogP contribution >= 0.6 is 11.6 Å². The smallest absolute Gasteiger partial charge is 0.329 e. The fourth-order valence-corrected chi connectivity index (χ4v) is 2.87. The van der Waals surface area contributed by atoms with Gasteiger partial charge in [-0.3, -0.25) is 24.5 Å². The second-order valence-corrected chi connectivity index (χ2v) is 6.67. The van der Waals surface area contributed by atoms with Crippen LogP contribution in [0.1, 0.15) is 12.5 Å². The molecule has 9 heteroatoms. The molecule has 1 aliphatic heterocycles. The third-order valence-electron chi connectivity index (χ3n) is 4.09. The van der Waals surface area contributed by atoms with Crippen molar-refractivity contribution in [1.29, 1.82) is 0 Å². The number of rotatable bonds is 6. The molecule has 1 atom stereocenters. The number of esters is 1. The number of carbonyl (C=O) groups is 3. The molecule has 1 heterocycles. The fraction of sp³-hybridized carbons (Fsp3) is 0.0952. The largest absolute Gasteiger partial charge is 0.449 e. The average molecular weight is 428 g/mol. The summed E-state index contributed by atoms with van der Waals surface area (Å²) in [7, 11) is 0. The first-order chi connectivity index (χ1) is 14.3. The number of hydrogen-bond acceptors (Lipinski definition) is 7. The maximum atomic E-state index is 12.3. The van der Waals surface area contributed by atoms with Gasteiger partial charge in [-0.2, -0.15) is 0 Å². The van der Waals surface area contributed by atoms with Crippen molar-refractivity contribution >= 4 is 40.9 Å². The van der Waals surface area contributed by atoms with Gasteiger partial charge in [0.1, 0.15) is 11.5 Å². The Kier molecular flexibility index (Phi) is 6.08. The van der Waals surface area contributed by atoms with E-state index in [2.05, 4.69) is 0 Å². The lowest BCUT2D eigenvalue weighted by Gasteiger charge is -2.15. The van der Waals surface area contributed by atoms with Gasteiger partial charge in [0.15, 0.2) is 17.5 Å². The number of nitro benzene ring substituents is 1. The average Bonchev–Trinajstić information content (AvgIpc) is 2.68. The lowest BCUT2D eigenvalue weighted by Crippen LogP contribution is -2.34. The summed E-state index contributed by atoms with van der Waals surface area (Å²) in [6.45, 7) is 1.43. The summed E-state index contributed by atoms with van der Waals surface area (Å²) in [5.41, 5.74) is -0.0545. The number of cyclic esters (lactones) is 1. The second kappa shape index (κ2) is 8.71. The highest BCUT2D eigenvalue weighted by Gasteiger charge is 2.36. The zero-order chi connectivity index (χ0) is 21.8. The number of hydrogen-bond donors (Lipinski definition) is 0. The van der Waals surface area contributed by atoms with Gasteiger partial charge in [-0.15, -0.1) is 0 Å². The number of carbonyl (C=O) groups excluding carboxylic acids is 3. The molecule has 0 fully saturated rings. The molecule has 8 nitrogen and oxygen atoms in total. The molecule has 0 amide bonds. The Morgan fingerprint density at radius 3 is 2.60 bits per heavy atom. The van der Waals surface area contributed by atoms with E-state index in [1.165, 1.54) is 31.2 Å². The van der Waals surface area contributed by atoms with Crippen LogP contribution < -0.4 is 4.74 Å². The normalized spacial score (nSPS) is 16.2. The summed E-state index contributed by atoms with van der Waals surface area (Å²) in [5.74, 6) is -3.67. The monoisotopic (exact) mass is 427 g/mol. The van der Waals surface area contributed by atoms with Crippen LogP contribution in [0.25, 0.3) is 6.08 Å². The highest BCUT2D eigenvalue weighted by atomic mass is 35.5. The van der Waals surface area contributed by atoms with Gasteiger partial charge >= 0.3 is 11.7 Å². The van der Waals surface area contributed by atoms with Crippen LogP contribution in [0.3, 0.4) is 0 Å². The third-order valence-corrected chi connectivity index (χ3v) is 4.40. The van der Waals surface area contributed by atoms with Crippen molar-refractivity contribution in [1.82, 2.24) is 0 Å². The lowest BCUT2D eigenvalue weighted by atomic mass is 9.96. The van der Waals surface area contributed by atoms with Crippen LogP contribution in [-0.4, -0.2) is 22.5 Å². The SMILES string of the molecule is CC1=CC(=O)C(C(=O)/C=C/c2ccc(Oc3ccccc3Cl)c([N+](=O)[O-])c2)C(=O)O1. The van der Waals surface area contributed by atoms with Gasteiger partial charge in [-0.25, -0.2) is 0 Å². The van der Waals surface area contributed by atoms with Crippen LogP contribution in [0, 0.1) is 16.0 Å². The topological polar surface area (TPSA) is 113 Å². The quantitative estimate of drug-likeness (QED) is 0.222. The molecular weight excluding hydrogens is 414 g/mol. The molecule has 0 radical (unpaired) electrons. The number of para-hydroxylation sites is 1. The number of allylic oxidation sites excluding steroid dienone is 3. The van der Waals surface area contributed by atoms with Crippen molar-refractivity contribution < 1.29 is 28.8 Å². The van der Waals surface area contributed by atoms with E-state index in [1.54, 1.807) is 24.3 Å². The fourth-order valence-electron chi connectivity index (χ4n) is 2.69. The van der Waals surface area contributed by atoms with Gasteiger partial charge in [0.05, 0.1) is 9.95 Å². The molecule has 1 unspecified atom stereocenters. The summed E-state index contributed by atoms with van der Waals surface area (Å²) in [6.07, 6.45) is 3.34. The van der Waals surface area contributed by atoms with Crippen LogP contribution in [-0.2, 0) is 19.1 Å². The number of nitro groups is 1. The summed E-state index contributed by atoms with van der Waals surface area (Å²) < 4.78 is 10.3. The Morgan fingerprint density at radius 1 is 1.20 bits per heavy atom. The standard InChI is InChI=1S/C21H14ClNO7/c1-12-10-17(25)20(21(26)29-12)16(24)8-6-13-7-9-19(15(11-13)23(27)28)30-18-5-3-2-4-14(18)22/h2-11,20H,1H3/b8-6+. The number of nitrogens with zero attached hydrogens (tertiary/aromatic N) is 1. The zero-order valence-electron chi connectivity index (χ0n) is 15.5. The minimum atomic E-state index is -1.58. The maximum absolute atomic E-state index is 12.3. The van der Waals surface area contributed by atoms with Gasteiger partial charge in [-0.05, 0) is 36.8 Å². The van der Waals surface area contributed by atoms with Crippen molar-refractivity contribution in [2.75, 3.05) is 0 Å². The first-order valence-corrected chi connectivity index (χ1v) is 9.00. The first kappa shape index (κ1) is 20.9. The molecule has 2 aromatic rings.